The van der Waals surface area contributed by atoms with Crippen LogP contribution < -0.4 is 0 Å². The van der Waals surface area contributed by atoms with Crippen molar-refractivity contribution in [2.75, 3.05) is 7.11 Å². The fourth-order valence-electron chi connectivity index (χ4n) is 1.16. The summed E-state index contributed by atoms with van der Waals surface area (Å²) in [6.07, 6.45) is 5.43. The van der Waals surface area contributed by atoms with Crippen LogP contribution in [0.15, 0.2) is 30.0 Å². The maximum Gasteiger partial charge on any atom is 0.123 e. The lowest BCUT2D eigenvalue weighted by atomic mass is 10.2. The van der Waals surface area contributed by atoms with Crippen LogP contribution in [0.4, 0.5) is 0 Å². The van der Waals surface area contributed by atoms with E-state index in [9.17, 15) is 0 Å². The quantitative estimate of drug-likeness (QED) is 0.681. The molecule has 0 aliphatic heterocycles. The largest absolute Gasteiger partial charge is 0.504 e. The molecule has 0 atom stereocenters. The predicted molar refractivity (Wildman–Crippen MR) is 55.7 cm³/mol. The number of hydrogen-bond acceptors (Lipinski definition) is 3. The molecule has 0 radical (unpaired) electrons. The van der Waals surface area contributed by atoms with Gasteiger partial charge in [-0.1, -0.05) is 0 Å². The highest BCUT2D eigenvalue weighted by molar-refractivity contribution is 7.17. The Morgan fingerprint density at radius 2 is 2.46 bits per heavy atom. The average molecular weight is 191 g/mol. The van der Waals surface area contributed by atoms with Crippen LogP contribution in [0.2, 0.25) is 0 Å². The molecule has 0 fully saturated rings. The normalized spacial score (nSPS) is 11.2. The molecule has 2 heterocycles. The molecular formula is C10H9NOS. The highest BCUT2D eigenvalue weighted by Gasteiger charge is 1.99. The van der Waals surface area contributed by atoms with Gasteiger partial charge in [0.15, 0.2) is 0 Å². The van der Waals surface area contributed by atoms with Crippen molar-refractivity contribution >= 4 is 27.6 Å². The summed E-state index contributed by atoms with van der Waals surface area (Å²) in [5, 5.41) is 3.26. The topological polar surface area (TPSA) is 22.1 Å². The standard InChI is InChI=1S/C10H9NOS/c1-12-6-4-8-7-13-10-9(8)3-2-5-11-10/h2-7H,1H3. The Bertz CT molecular complexity index is 433. The number of thiophene rings is 1. The number of pyridine rings is 1. The summed E-state index contributed by atoms with van der Waals surface area (Å²) in [5.41, 5.74) is 1.16. The molecule has 66 valence electrons. The molecule has 0 saturated heterocycles. The lowest BCUT2D eigenvalue weighted by Gasteiger charge is -1.90. The van der Waals surface area contributed by atoms with E-state index in [4.69, 9.17) is 4.74 Å². The third kappa shape index (κ3) is 1.55. The molecule has 0 saturated carbocycles. The lowest BCUT2D eigenvalue weighted by Crippen LogP contribution is -1.71. The van der Waals surface area contributed by atoms with Gasteiger partial charge in [-0.15, -0.1) is 11.3 Å². The third-order valence-electron chi connectivity index (χ3n) is 1.76. The van der Waals surface area contributed by atoms with Crippen LogP contribution in [0, 0.1) is 0 Å². The second kappa shape index (κ2) is 3.58. The van der Waals surface area contributed by atoms with Crippen molar-refractivity contribution in [2.24, 2.45) is 0 Å². The van der Waals surface area contributed by atoms with Gasteiger partial charge in [0.05, 0.1) is 13.4 Å². The summed E-state index contributed by atoms with van der Waals surface area (Å²) in [6.45, 7) is 0. The maximum absolute atomic E-state index is 4.87. The van der Waals surface area contributed by atoms with Gasteiger partial charge in [-0.3, -0.25) is 0 Å². The average Bonchev–Trinajstić information content (AvgIpc) is 2.58. The summed E-state index contributed by atoms with van der Waals surface area (Å²) in [7, 11) is 1.64. The Morgan fingerprint density at radius 3 is 3.31 bits per heavy atom. The first-order valence-corrected chi connectivity index (χ1v) is 4.81. The van der Waals surface area contributed by atoms with Gasteiger partial charge in [0.25, 0.3) is 0 Å². The number of methoxy groups -OCH3 is 1. The number of ether oxygens (including phenoxy) is 1. The van der Waals surface area contributed by atoms with E-state index in [2.05, 4.69) is 16.4 Å². The van der Waals surface area contributed by atoms with Crippen molar-refractivity contribution in [3.63, 3.8) is 0 Å². The highest BCUT2D eigenvalue weighted by atomic mass is 32.1. The summed E-state index contributed by atoms with van der Waals surface area (Å²) in [6, 6.07) is 4.01. The van der Waals surface area contributed by atoms with E-state index in [-0.39, 0.29) is 0 Å². The zero-order valence-corrected chi connectivity index (χ0v) is 8.04. The van der Waals surface area contributed by atoms with Gasteiger partial charge in [-0.2, -0.15) is 0 Å². The van der Waals surface area contributed by atoms with Gasteiger partial charge in [0, 0.05) is 17.0 Å². The maximum atomic E-state index is 4.87. The van der Waals surface area contributed by atoms with E-state index in [0.717, 1.165) is 10.4 Å². The minimum atomic E-state index is 1.07. The van der Waals surface area contributed by atoms with Crippen molar-refractivity contribution in [1.82, 2.24) is 4.98 Å². The Balaban J connectivity index is 2.52. The fraction of sp³-hybridized carbons (Fsp3) is 0.100. The molecule has 2 aromatic heterocycles. The van der Waals surface area contributed by atoms with E-state index in [0.29, 0.717) is 0 Å². The minimum absolute atomic E-state index is 1.07. The number of aromatic nitrogens is 1. The summed E-state index contributed by atoms with van der Waals surface area (Å²) >= 11 is 1.65. The third-order valence-corrected chi connectivity index (χ3v) is 2.68. The predicted octanol–water partition coefficient (Wildman–Crippen LogP) is 2.91. The molecule has 0 aromatic carbocycles. The molecule has 0 N–H and O–H groups in total. The molecule has 0 amide bonds. The van der Waals surface area contributed by atoms with Crippen LogP contribution in [-0.2, 0) is 4.74 Å². The minimum Gasteiger partial charge on any atom is -0.504 e. The van der Waals surface area contributed by atoms with E-state index >= 15 is 0 Å². The van der Waals surface area contributed by atoms with E-state index < -0.39 is 0 Å². The van der Waals surface area contributed by atoms with Gasteiger partial charge in [-0.05, 0) is 23.8 Å². The van der Waals surface area contributed by atoms with Crippen LogP contribution in [0.3, 0.4) is 0 Å². The fourth-order valence-corrected chi connectivity index (χ4v) is 2.04. The molecular weight excluding hydrogens is 182 g/mol. The smallest absolute Gasteiger partial charge is 0.123 e. The molecule has 0 unspecified atom stereocenters. The second-order valence-electron chi connectivity index (χ2n) is 2.59. The van der Waals surface area contributed by atoms with Crippen molar-refractivity contribution < 1.29 is 4.74 Å². The molecule has 2 nitrogen and oxygen atoms in total. The molecule has 0 bridgehead atoms. The van der Waals surface area contributed by atoms with Gasteiger partial charge < -0.3 is 4.74 Å². The SMILES string of the molecule is COC=Cc1csc2ncccc12. The molecule has 0 spiro atoms. The summed E-state index contributed by atoms with van der Waals surface area (Å²) in [5.74, 6) is 0. The van der Waals surface area contributed by atoms with Gasteiger partial charge in [0.1, 0.15) is 4.83 Å². The Hall–Kier alpha value is -1.35. The van der Waals surface area contributed by atoms with Crippen LogP contribution in [-0.4, -0.2) is 12.1 Å². The lowest BCUT2D eigenvalue weighted by molar-refractivity contribution is 0.341. The molecule has 13 heavy (non-hydrogen) atoms. The van der Waals surface area contributed by atoms with Crippen LogP contribution >= 0.6 is 11.3 Å². The zero-order chi connectivity index (χ0) is 9.10. The van der Waals surface area contributed by atoms with Crippen molar-refractivity contribution in [2.45, 2.75) is 0 Å². The summed E-state index contributed by atoms with van der Waals surface area (Å²) < 4.78 is 4.87. The molecule has 2 aromatic rings. The van der Waals surface area contributed by atoms with Gasteiger partial charge >= 0.3 is 0 Å². The highest BCUT2D eigenvalue weighted by Crippen LogP contribution is 2.24. The van der Waals surface area contributed by atoms with Gasteiger partial charge in [-0.25, -0.2) is 4.98 Å². The number of nitrogens with zero attached hydrogens (tertiary/aromatic N) is 1. The van der Waals surface area contributed by atoms with E-state index in [1.54, 1.807) is 24.7 Å². The van der Waals surface area contributed by atoms with E-state index in [1.807, 2.05) is 18.3 Å². The monoisotopic (exact) mass is 191 g/mol. The first-order chi connectivity index (χ1) is 6.42. The van der Waals surface area contributed by atoms with Crippen molar-refractivity contribution in [3.05, 3.63) is 35.5 Å². The Morgan fingerprint density at radius 1 is 1.54 bits per heavy atom. The second-order valence-corrected chi connectivity index (χ2v) is 3.44. The molecule has 0 aliphatic carbocycles. The molecule has 2 rings (SSSR count). The van der Waals surface area contributed by atoms with E-state index in [1.165, 1.54) is 5.39 Å². The van der Waals surface area contributed by atoms with Gasteiger partial charge in [0.2, 0.25) is 0 Å². The number of fused-ring (bicyclic) bond motifs is 1. The van der Waals surface area contributed by atoms with Crippen LogP contribution in [0.1, 0.15) is 5.56 Å². The first kappa shape index (κ1) is 8.26. The zero-order valence-electron chi connectivity index (χ0n) is 7.23. The van der Waals surface area contributed by atoms with Crippen molar-refractivity contribution in [1.29, 1.82) is 0 Å². The molecule has 3 heteroatoms. The van der Waals surface area contributed by atoms with Crippen LogP contribution in [0.5, 0.6) is 0 Å². The van der Waals surface area contributed by atoms with Crippen LogP contribution in [0.25, 0.3) is 16.3 Å². The summed E-state index contributed by atoms with van der Waals surface area (Å²) in [4.78, 5) is 5.32. The Kier molecular flexibility index (Phi) is 2.27. The Labute approximate surface area is 80.5 Å². The number of hydrogen-bond donors (Lipinski definition) is 0. The molecule has 0 aliphatic rings. The number of rotatable bonds is 2. The first-order valence-electron chi connectivity index (χ1n) is 3.93. The van der Waals surface area contributed by atoms with Crippen molar-refractivity contribution in [3.8, 4) is 0 Å².